The van der Waals surface area contributed by atoms with Crippen molar-refractivity contribution in [2.45, 2.75) is 65.9 Å². The van der Waals surface area contributed by atoms with Crippen LogP contribution < -0.4 is 5.73 Å². The van der Waals surface area contributed by atoms with E-state index in [-0.39, 0.29) is 17.9 Å². The second-order valence-corrected chi connectivity index (χ2v) is 4.96. The van der Waals surface area contributed by atoms with Gasteiger partial charge in [0.25, 0.3) is 0 Å². The van der Waals surface area contributed by atoms with Crippen molar-refractivity contribution in [1.29, 1.82) is 0 Å². The number of aliphatic hydroxyl groups excluding tert-OH is 1. The van der Waals surface area contributed by atoms with Crippen molar-refractivity contribution in [2.75, 3.05) is 0 Å². The number of nitrogens with two attached hydrogens (primary N) is 1. The Morgan fingerprint density at radius 3 is 1.94 bits per heavy atom. The Morgan fingerprint density at radius 1 is 1.06 bits per heavy atom. The maximum Gasteiger partial charge on any atom is 0.220 e. The van der Waals surface area contributed by atoms with Crippen LogP contribution in [0.4, 0.5) is 0 Å². The highest BCUT2D eigenvalue weighted by atomic mass is 16.3. The van der Waals surface area contributed by atoms with E-state index in [9.17, 15) is 9.90 Å². The molecule has 0 aromatic rings. The molecule has 0 saturated heterocycles. The highest BCUT2D eigenvalue weighted by Crippen LogP contribution is 2.31. The minimum atomic E-state index is -0.254. The van der Waals surface area contributed by atoms with Crippen LogP contribution in [0.25, 0.3) is 0 Å². The van der Waals surface area contributed by atoms with Crippen molar-refractivity contribution in [3.05, 3.63) is 0 Å². The zero-order valence-corrected chi connectivity index (χ0v) is 11.8. The standard InChI is InChI=1S/C14H29NO2/c1-5-10(9-11(6-2)14(15)17)12(7-3)13(16)8-4/h10-13,16H,5-9H2,1-4H3,(H2,15,17). The van der Waals surface area contributed by atoms with Crippen LogP contribution in [-0.2, 0) is 4.79 Å². The lowest BCUT2D eigenvalue weighted by molar-refractivity contribution is -0.122. The van der Waals surface area contributed by atoms with E-state index in [0.717, 1.165) is 32.1 Å². The molecule has 17 heavy (non-hydrogen) atoms. The van der Waals surface area contributed by atoms with Crippen LogP contribution in [0.2, 0.25) is 0 Å². The summed E-state index contributed by atoms with van der Waals surface area (Å²) in [6.45, 7) is 8.24. The first kappa shape index (κ1) is 16.4. The van der Waals surface area contributed by atoms with Gasteiger partial charge in [0.15, 0.2) is 0 Å². The van der Waals surface area contributed by atoms with Crippen molar-refractivity contribution in [2.24, 2.45) is 23.5 Å². The first-order valence-electron chi connectivity index (χ1n) is 6.98. The fourth-order valence-electron chi connectivity index (χ4n) is 2.72. The Labute approximate surface area is 106 Å². The van der Waals surface area contributed by atoms with Crippen molar-refractivity contribution in [3.8, 4) is 0 Å². The van der Waals surface area contributed by atoms with Gasteiger partial charge < -0.3 is 10.8 Å². The average molecular weight is 243 g/mol. The molecular weight excluding hydrogens is 214 g/mol. The van der Waals surface area contributed by atoms with E-state index in [4.69, 9.17) is 5.73 Å². The average Bonchev–Trinajstić information content (AvgIpc) is 2.33. The van der Waals surface area contributed by atoms with E-state index in [1.165, 1.54) is 0 Å². The molecule has 3 N–H and O–H groups in total. The molecule has 0 fully saturated rings. The van der Waals surface area contributed by atoms with E-state index in [0.29, 0.717) is 11.8 Å². The number of carbonyl (C=O) groups is 1. The molecule has 1 amide bonds. The lowest BCUT2D eigenvalue weighted by Crippen LogP contribution is -2.31. The summed E-state index contributed by atoms with van der Waals surface area (Å²) in [6.07, 6.45) is 4.10. The molecule has 0 spiro atoms. The molecule has 0 aliphatic rings. The molecule has 0 saturated carbocycles. The Hall–Kier alpha value is -0.570. The highest BCUT2D eigenvalue weighted by molar-refractivity contribution is 5.76. The van der Waals surface area contributed by atoms with Crippen molar-refractivity contribution >= 4 is 5.91 Å². The fourth-order valence-corrected chi connectivity index (χ4v) is 2.72. The largest absolute Gasteiger partial charge is 0.393 e. The van der Waals surface area contributed by atoms with Crippen LogP contribution in [-0.4, -0.2) is 17.1 Å². The molecule has 4 atom stereocenters. The quantitative estimate of drug-likeness (QED) is 0.654. The minimum Gasteiger partial charge on any atom is -0.393 e. The van der Waals surface area contributed by atoms with Gasteiger partial charge in [-0.25, -0.2) is 0 Å². The molecule has 0 bridgehead atoms. The molecule has 0 aromatic heterocycles. The Morgan fingerprint density at radius 2 is 1.65 bits per heavy atom. The molecular formula is C14H29NO2. The molecule has 0 radical (unpaired) electrons. The minimum absolute atomic E-state index is 0.0435. The number of rotatable bonds is 9. The van der Waals surface area contributed by atoms with Gasteiger partial charge in [-0.05, 0) is 31.1 Å². The fraction of sp³-hybridized carbons (Fsp3) is 0.929. The molecule has 0 aliphatic heterocycles. The second-order valence-electron chi connectivity index (χ2n) is 4.96. The predicted molar refractivity (Wildman–Crippen MR) is 71.5 cm³/mol. The lowest BCUT2D eigenvalue weighted by Gasteiger charge is -2.31. The van der Waals surface area contributed by atoms with Gasteiger partial charge in [0.05, 0.1) is 6.10 Å². The van der Waals surface area contributed by atoms with E-state index in [1.807, 2.05) is 13.8 Å². The third-order valence-corrected chi connectivity index (χ3v) is 4.00. The number of hydrogen-bond donors (Lipinski definition) is 2. The van der Waals surface area contributed by atoms with Crippen molar-refractivity contribution in [1.82, 2.24) is 0 Å². The van der Waals surface area contributed by atoms with Gasteiger partial charge in [-0.3, -0.25) is 4.79 Å². The summed E-state index contributed by atoms with van der Waals surface area (Å²) in [5.74, 6) is 0.440. The van der Waals surface area contributed by atoms with Gasteiger partial charge in [-0.2, -0.15) is 0 Å². The van der Waals surface area contributed by atoms with Crippen LogP contribution >= 0.6 is 0 Å². The summed E-state index contributed by atoms with van der Waals surface area (Å²) in [6, 6.07) is 0. The molecule has 4 unspecified atom stereocenters. The smallest absolute Gasteiger partial charge is 0.220 e. The van der Waals surface area contributed by atoms with E-state index in [2.05, 4.69) is 13.8 Å². The van der Waals surface area contributed by atoms with E-state index < -0.39 is 0 Å². The van der Waals surface area contributed by atoms with Crippen LogP contribution in [0.5, 0.6) is 0 Å². The van der Waals surface area contributed by atoms with Gasteiger partial charge in [-0.15, -0.1) is 0 Å². The van der Waals surface area contributed by atoms with Gasteiger partial charge in [0.1, 0.15) is 0 Å². The Balaban J connectivity index is 4.62. The monoisotopic (exact) mass is 243 g/mol. The first-order valence-corrected chi connectivity index (χ1v) is 6.98. The van der Waals surface area contributed by atoms with Crippen LogP contribution in [0.3, 0.4) is 0 Å². The molecule has 0 aromatic carbocycles. The molecule has 3 nitrogen and oxygen atoms in total. The summed E-state index contributed by atoms with van der Waals surface area (Å²) < 4.78 is 0. The van der Waals surface area contributed by atoms with Gasteiger partial charge in [-0.1, -0.05) is 40.5 Å². The molecule has 3 heteroatoms. The number of carbonyl (C=O) groups excluding carboxylic acids is 1. The zero-order chi connectivity index (χ0) is 13.4. The van der Waals surface area contributed by atoms with Crippen LogP contribution in [0.1, 0.15) is 59.8 Å². The highest BCUT2D eigenvalue weighted by Gasteiger charge is 2.28. The van der Waals surface area contributed by atoms with Crippen LogP contribution in [0.15, 0.2) is 0 Å². The maximum absolute atomic E-state index is 11.3. The summed E-state index contributed by atoms with van der Waals surface area (Å²) in [4.78, 5) is 11.3. The van der Waals surface area contributed by atoms with Crippen molar-refractivity contribution in [3.63, 3.8) is 0 Å². The van der Waals surface area contributed by atoms with Gasteiger partial charge in [0.2, 0.25) is 5.91 Å². The van der Waals surface area contributed by atoms with E-state index in [1.54, 1.807) is 0 Å². The summed E-state index contributed by atoms with van der Waals surface area (Å²) in [5, 5.41) is 10.0. The summed E-state index contributed by atoms with van der Waals surface area (Å²) in [7, 11) is 0. The third-order valence-electron chi connectivity index (χ3n) is 4.00. The second kappa shape index (κ2) is 8.51. The molecule has 0 aliphatic carbocycles. The lowest BCUT2D eigenvalue weighted by atomic mass is 9.77. The number of amides is 1. The topological polar surface area (TPSA) is 63.3 Å². The number of hydrogen-bond acceptors (Lipinski definition) is 2. The predicted octanol–water partition coefficient (Wildman–Crippen LogP) is 2.71. The van der Waals surface area contributed by atoms with Crippen LogP contribution in [0, 0.1) is 17.8 Å². The molecule has 0 heterocycles. The SMILES string of the molecule is CCC(CC(CC)C(CC)C(O)CC)C(N)=O. The number of aliphatic hydroxyl groups is 1. The Kier molecular flexibility index (Phi) is 8.23. The van der Waals surface area contributed by atoms with Gasteiger partial charge in [0, 0.05) is 5.92 Å². The first-order chi connectivity index (χ1) is 8.01. The normalized spacial score (nSPS) is 18.4. The maximum atomic E-state index is 11.3. The van der Waals surface area contributed by atoms with Gasteiger partial charge >= 0.3 is 0 Å². The summed E-state index contributed by atoms with van der Waals surface area (Å²) in [5.41, 5.74) is 5.40. The van der Waals surface area contributed by atoms with E-state index >= 15 is 0 Å². The van der Waals surface area contributed by atoms with Crippen molar-refractivity contribution < 1.29 is 9.90 Å². The molecule has 0 rings (SSSR count). The summed E-state index contributed by atoms with van der Waals surface area (Å²) >= 11 is 0. The Bertz CT molecular complexity index is 218. The third kappa shape index (κ3) is 5.07. The zero-order valence-electron chi connectivity index (χ0n) is 11.8. The number of primary amides is 1. The molecule has 102 valence electrons.